The number of aryl methyl sites for hydroxylation is 1. The zero-order chi connectivity index (χ0) is 19.0. The lowest BCUT2D eigenvalue weighted by Crippen LogP contribution is -2.06. The summed E-state index contributed by atoms with van der Waals surface area (Å²) in [7, 11) is 0. The number of fused-ring (bicyclic) bond motifs is 2. The van der Waals surface area contributed by atoms with Crippen molar-refractivity contribution >= 4 is 21.9 Å². The van der Waals surface area contributed by atoms with Crippen molar-refractivity contribution in [3.05, 3.63) is 75.9 Å². The van der Waals surface area contributed by atoms with E-state index in [0.717, 1.165) is 27.4 Å². The number of aromatic nitrogens is 2. The third-order valence-corrected chi connectivity index (χ3v) is 4.71. The van der Waals surface area contributed by atoms with Gasteiger partial charge < -0.3 is 9.15 Å². The van der Waals surface area contributed by atoms with E-state index in [-0.39, 0.29) is 12.2 Å². The largest absolute Gasteiger partial charge is 0.472 e. The van der Waals surface area contributed by atoms with E-state index in [2.05, 4.69) is 29.9 Å². The number of hydrogen-bond donors (Lipinski definition) is 0. The molecule has 0 aliphatic carbocycles. The highest BCUT2D eigenvalue weighted by molar-refractivity contribution is 5.84. The minimum atomic E-state index is -0.384. The van der Waals surface area contributed by atoms with E-state index in [9.17, 15) is 4.79 Å². The molecule has 4 aromatic rings. The second-order valence-electron chi connectivity index (χ2n) is 6.93. The average Bonchev–Trinajstić information content (AvgIpc) is 2.65. The second-order valence-corrected chi connectivity index (χ2v) is 6.93. The first-order valence-electron chi connectivity index (χ1n) is 8.93. The van der Waals surface area contributed by atoms with Crippen molar-refractivity contribution in [2.24, 2.45) is 0 Å². The molecule has 0 atom stereocenters. The van der Waals surface area contributed by atoms with Crippen molar-refractivity contribution in [1.82, 2.24) is 9.97 Å². The monoisotopic (exact) mass is 360 g/mol. The Labute approximate surface area is 156 Å². The lowest BCUT2D eigenvalue weighted by atomic mass is 9.95. The molecule has 5 heteroatoms. The molecule has 0 saturated carbocycles. The minimum Gasteiger partial charge on any atom is -0.472 e. The molecule has 0 bridgehead atoms. The molecule has 0 spiro atoms. The molecule has 0 aliphatic rings. The van der Waals surface area contributed by atoms with Crippen LogP contribution < -0.4 is 10.4 Å². The quantitative estimate of drug-likeness (QED) is 0.492. The third-order valence-electron chi connectivity index (χ3n) is 4.71. The summed E-state index contributed by atoms with van der Waals surface area (Å²) in [6.45, 7) is 6.56. The number of para-hydroxylation sites is 1. The van der Waals surface area contributed by atoms with Crippen molar-refractivity contribution in [3.63, 3.8) is 0 Å². The highest BCUT2D eigenvalue weighted by Gasteiger charge is 2.13. The molecule has 136 valence electrons. The molecule has 0 radical (unpaired) electrons. The van der Waals surface area contributed by atoms with Crippen molar-refractivity contribution in [1.29, 1.82) is 0 Å². The fourth-order valence-corrected chi connectivity index (χ4v) is 3.37. The SMILES string of the molecule is Cc1cc2oc(=O)cc(COc3ncnc4ccccc34)c2cc1C(C)C. The first-order valence-corrected chi connectivity index (χ1v) is 8.93. The van der Waals surface area contributed by atoms with Gasteiger partial charge >= 0.3 is 5.63 Å². The normalized spacial score (nSPS) is 11.4. The summed E-state index contributed by atoms with van der Waals surface area (Å²) < 4.78 is 11.4. The van der Waals surface area contributed by atoms with E-state index in [1.165, 1.54) is 18.0 Å². The van der Waals surface area contributed by atoms with E-state index >= 15 is 0 Å². The van der Waals surface area contributed by atoms with Crippen LogP contribution in [0, 0.1) is 6.92 Å². The van der Waals surface area contributed by atoms with Gasteiger partial charge in [0.15, 0.2) is 0 Å². The lowest BCUT2D eigenvalue weighted by molar-refractivity contribution is 0.298. The summed E-state index contributed by atoms with van der Waals surface area (Å²) in [5, 5.41) is 1.73. The molecule has 0 saturated heterocycles. The molecule has 2 aromatic heterocycles. The Bertz CT molecular complexity index is 1190. The van der Waals surface area contributed by atoms with Crippen LogP contribution in [0.4, 0.5) is 0 Å². The van der Waals surface area contributed by atoms with Gasteiger partial charge in [0.05, 0.1) is 10.9 Å². The third kappa shape index (κ3) is 3.28. The number of rotatable bonds is 4. The van der Waals surface area contributed by atoms with Crippen LogP contribution in [0.5, 0.6) is 5.88 Å². The van der Waals surface area contributed by atoms with Gasteiger partial charge in [-0.2, -0.15) is 0 Å². The molecule has 5 nitrogen and oxygen atoms in total. The summed E-state index contributed by atoms with van der Waals surface area (Å²) in [5.41, 5.74) is 4.13. The van der Waals surface area contributed by atoms with Gasteiger partial charge in [0.1, 0.15) is 18.5 Å². The predicted octanol–water partition coefficient (Wildman–Crippen LogP) is 4.75. The molecule has 2 aromatic carbocycles. The van der Waals surface area contributed by atoms with Gasteiger partial charge in [-0.05, 0) is 48.2 Å². The number of benzene rings is 2. The van der Waals surface area contributed by atoms with Crippen LogP contribution in [-0.2, 0) is 6.61 Å². The highest BCUT2D eigenvalue weighted by Crippen LogP contribution is 2.28. The van der Waals surface area contributed by atoms with E-state index in [0.29, 0.717) is 17.4 Å². The fourth-order valence-electron chi connectivity index (χ4n) is 3.37. The highest BCUT2D eigenvalue weighted by atomic mass is 16.5. The van der Waals surface area contributed by atoms with Crippen LogP contribution >= 0.6 is 0 Å². The summed E-state index contributed by atoms with van der Waals surface area (Å²) in [5.74, 6) is 0.874. The van der Waals surface area contributed by atoms with Crippen LogP contribution in [0.3, 0.4) is 0 Å². The first-order chi connectivity index (χ1) is 13.0. The Morgan fingerprint density at radius 2 is 1.89 bits per heavy atom. The van der Waals surface area contributed by atoms with Gasteiger partial charge in [-0.3, -0.25) is 0 Å². The van der Waals surface area contributed by atoms with Crippen molar-refractivity contribution in [3.8, 4) is 5.88 Å². The molecule has 0 unspecified atom stereocenters. The summed E-state index contributed by atoms with van der Waals surface area (Å²) >= 11 is 0. The Morgan fingerprint density at radius 3 is 2.70 bits per heavy atom. The van der Waals surface area contributed by atoms with Crippen molar-refractivity contribution < 1.29 is 9.15 Å². The maximum atomic E-state index is 12.0. The minimum absolute atomic E-state index is 0.226. The summed E-state index contributed by atoms with van der Waals surface area (Å²) in [4.78, 5) is 20.5. The first kappa shape index (κ1) is 17.2. The molecule has 0 aliphatic heterocycles. The fraction of sp³-hybridized carbons (Fsp3) is 0.227. The van der Waals surface area contributed by atoms with Gasteiger partial charge in [0.25, 0.3) is 0 Å². The molecule has 2 heterocycles. The van der Waals surface area contributed by atoms with Gasteiger partial charge in [0.2, 0.25) is 5.88 Å². The summed E-state index contributed by atoms with van der Waals surface area (Å²) in [6, 6.07) is 13.2. The maximum Gasteiger partial charge on any atom is 0.336 e. The zero-order valence-corrected chi connectivity index (χ0v) is 15.5. The molecule has 0 N–H and O–H groups in total. The summed E-state index contributed by atoms with van der Waals surface area (Å²) in [6.07, 6.45) is 1.48. The van der Waals surface area contributed by atoms with Gasteiger partial charge in [-0.25, -0.2) is 14.8 Å². The van der Waals surface area contributed by atoms with Crippen LogP contribution in [0.2, 0.25) is 0 Å². The predicted molar refractivity (Wildman–Crippen MR) is 105 cm³/mol. The van der Waals surface area contributed by atoms with E-state index in [1.807, 2.05) is 37.3 Å². The van der Waals surface area contributed by atoms with Crippen LogP contribution in [0.1, 0.15) is 36.5 Å². The topological polar surface area (TPSA) is 65.2 Å². The Balaban J connectivity index is 1.77. The van der Waals surface area contributed by atoms with E-state index < -0.39 is 0 Å². The Morgan fingerprint density at radius 1 is 1.07 bits per heavy atom. The molecule has 27 heavy (non-hydrogen) atoms. The van der Waals surface area contributed by atoms with Crippen LogP contribution in [0.15, 0.2) is 58.0 Å². The van der Waals surface area contributed by atoms with Crippen LogP contribution in [0.25, 0.3) is 21.9 Å². The lowest BCUT2D eigenvalue weighted by Gasteiger charge is -2.13. The van der Waals surface area contributed by atoms with E-state index in [1.54, 1.807) is 0 Å². The number of ether oxygens (including phenoxy) is 1. The Hall–Kier alpha value is -3.21. The smallest absolute Gasteiger partial charge is 0.336 e. The molecular formula is C22H20N2O3. The molecular weight excluding hydrogens is 340 g/mol. The van der Waals surface area contributed by atoms with Gasteiger partial charge in [-0.15, -0.1) is 0 Å². The number of hydrogen-bond acceptors (Lipinski definition) is 5. The molecule has 0 amide bonds. The van der Waals surface area contributed by atoms with Gasteiger partial charge in [0, 0.05) is 17.0 Å². The van der Waals surface area contributed by atoms with Crippen LogP contribution in [-0.4, -0.2) is 9.97 Å². The molecule has 4 rings (SSSR count). The van der Waals surface area contributed by atoms with Crippen molar-refractivity contribution in [2.75, 3.05) is 0 Å². The second kappa shape index (κ2) is 6.83. The number of nitrogens with zero attached hydrogens (tertiary/aromatic N) is 2. The zero-order valence-electron chi connectivity index (χ0n) is 15.5. The molecule has 0 fully saturated rings. The standard InChI is InChI=1S/C22H20N2O3/c1-13(2)17-10-18-15(9-21(25)27-20(18)8-14(17)3)11-26-22-16-6-4-5-7-19(16)23-12-24-22/h4-10,12-13H,11H2,1-3H3. The van der Waals surface area contributed by atoms with Gasteiger partial charge in [-0.1, -0.05) is 26.0 Å². The van der Waals surface area contributed by atoms with Crippen molar-refractivity contribution in [2.45, 2.75) is 33.3 Å². The van der Waals surface area contributed by atoms with E-state index in [4.69, 9.17) is 9.15 Å². The Kier molecular flexibility index (Phi) is 4.36. The average molecular weight is 360 g/mol. The maximum absolute atomic E-state index is 12.0.